The van der Waals surface area contributed by atoms with Crippen molar-refractivity contribution >= 4 is 23.3 Å². The monoisotopic (exact) mass is 390 g/mol. The van der Waals surface area contributed by atoms with Gasteiger partial charge in [0, 0.05) is 5.56 Å². The maximum Gasteiger partial charge on any atom is 0.211 e. The van der Waals surface area contributed by atoms with E-state index in [0.29, 0.717) is 23.9 Å². The van der Waals surface area contributed by atoms with E-state index in [1.807, 2.05) is 36.5 Å². The van der Waals surface area contributed by atoms with Crippen molar-refractivity contribution in [2.45, 2.75) is 26.3 Å². The van der Waals surface area contributed by atoms with Crippen molar-refractivity contribution < 1.29 is 4.74 Å². The summed E-state index contributed by atoms with van der Waals surface area (Å²) in [6.07, 6.45) is 2.80. The molecule has 2 aromatic rings. The second-order valence-electron chi connectivity index (χ2n) is 7.00. The molecule has 0 amide bonds. The molecule has 6 N–H and O–H groups in total. The van der Waals surface area contributed by atoms with Crippen LogP contribution in [-0.4, -0.2) is 17.6 Å². The summed E-state index contributed by atoms with van der Waals surface area (Å²) < 4.78 is 5.76. The molecule has 0 saturated carbocycles. The number of aliphatic imine (C=N–C) groups is 1. The van der Waals surface area contributed by atoms with Gasteiger partial charge in [0.2, 0.25) is 5.96 Å². The van der Waals surface area contributed by atoms with E-state index >= 15 is 0 Å². The van der Waals surface area contributed by atoms with E-state index in [4.69, 9.17) is 21.5 Å². The Bertz CT molecular complexity index is 1010. The van der Waals surface area contributed by atoms with Crippen molar-refractivity contribution in [1.82, 2.24) is 10.3 Å². The maximum absolute atomic E-state index is 9.37. The van der Waals surface area contributed by atoms with Crippen molar-refractivity contribution in [3.8, 4) is 18.0 Å². The quantitative estimate of drug-likeness (QED) is 0.447. The van der Waals surface area contributed by atoms with Gasteiger partial charge in [0.1, 0.15) is 35.1 Å². The summed E-state index contributed by atoms with van der Waals surface area (Å²) in [4.78, 5) is 8.76. The minimum atomic E-state index is -0.563. The third kappa shape index (κ3) is 4.14. The summed E-state index contributed by atoms with van der Waals surface area (Å²) in [6, 6.07) is 8.89. The van der Waals surface area contributed by atoms with Gasteiger partial charge in [-0.1, -0.05) is 26.0 Å². The Hall–Kier alpha value is -3.98. The van der Waals surface area contributed by atoms with Gasteiger partial charge in [-0.15, -0.1) is 0 Å². The van der Waals surface area contributed by atoms with E-state index in [1.54, 1.807) is 0 Å². The van der Waals surface area contributed by atoms with E-state index in [-0.39, 0.29) is 23.0 Å². The number of nitrogens with zero attached hydrogens (tertiary/aromatic N) is 4. The number of benzene rings is 1. The number of fused-ring (bicyclic) bond motifs is 1. The van der Waals surface area contributed by atoms with Gasteiger partial charge < -0.3 is 21.5 Å². The first-order valence-electron chi connectivity index (χ1n) is 9.16. The zero-order valence-corrected chi connectivity index (χ0v) is 16.2. The standard InChI is InChI=1S/C20H22N8O/c1-11(2)7-8-29-13-5-3-12(4-6-13)17-15-16(23)14(9-21)18(24)27-19(15)28-20(26-17)25-10-22/h3-6,11,17H,7-8H2,1-2H3,(H6,23,24,25,26,27,28). The Morgan fingerprint density at radius 1 is 1.24 bits per heavy atom. The highest BCUT2D eigenvalue weighted by atomic mass is 16.5. The highest BCUT2D eigenvalue weighted by molar-refractivity contribution is 5.98. The number of anilines is 3. The summed E-state index contributed by atoms with van der Waals surface area (Å²) in [6.45, 7) is 4.93. The van der Waals surface area contributed by atoms with E-state index in [9.17, 15) is 5.26 Å². The first-order chi connectivity index (χ1) is 13.9. The largest absolute Gasteiger partial charge is 0.494 e. The lowest BCUT2D eigenvalue weighted by Crippen LogP contribution is -2.32. The van der Waals surface area contributed by atoms with E-state index in [1.165, 1.54) is 0 Å². The van der Waals surface area contributed by atoms with Crippen molar-refractivity contribution in [2.24, 2.45) is 10.9 Å². The number of hydrogen-bond acceptors (Lipinski definition) is 9. The third-order valence-electron chi connectivity index (χ3n) is 4.52. The number of nitrogen functional groups attached to an aromatic ring is 2. The molecule has 0 radical (unpaired) electrons. The molecule has 1 aromatic heterocycles. The summed E-state index contributed by atoms with van der Waals surface area (Å²) in [5, 5.41) is 23.7. The zero-order chi connectivity index (χ0) is 21.0. The van der Waals surface area contributed by atoms with E-state index in [0.717, 1.165) is 17.7 Å². The Kier molecular flexibility index (Phi) is 5.70. The van der Waals surface area contributed by atoms with Crippen LogP contribution in [0.5, 0.6) is 5.75 Å². The molecule has 9 heteroatoms. The van der Waals surface area contributed by atoms with Crippen LogP contribution in [0.1, 0.15) is 43.0 Å². The van der Waals surface area contributed by atoms with Crippen molar-refractivity contribution in [1.29, 1.82) is 10.5 Å². The van der Waals surface area contributed by atoms with Crippen LogP contribution in [0.3, 0.4) is 0 Å². The minimum Gasteiger partial charge on any atom is -0.494 e. The summed E-state index contributed by atoms with van der Waals surface area (Å²) in [7, 11) is 0. The van der Waals surface area contributed by atoms with Crippen molar-refractivity contribution in [3.63, 3.8) is 0 Å². The number of nitriles is 2. The van der Waals surface area contributed by atoms with Crippen molar-refractivity contribution in [2.75, 3.05) is 23.4 Å². The Balaban J connectivity index is 1.98. The molecule has 0 fully saturated rings. The molecule has 1 atom stereocenters. The Morgan fingerprint density at radius 2 is 1.97 bits per heavy atom. The fourth-order valence-electron chi connectivity index (χ4n) is 2.98. The molecular weight excluding hydrogens is 368 g/mol. The first-order valence-corrected chi connectivity index (χ1v) is 9.16. The predicted molar refractivity (Wildman–Crippen MR) is 111 cm³/mol. The average molecular weight is 390 g/mol. The van der Waals surface area contributed by atoms with Crippen LogP contribution in [0.4, 0.5) is 17.3 Å². The summed E-state index contributed by atoms with van der Waals surface area (Å²) in [5.41, 5.74) is 13.7. The normalized spacial score (nSPS) is 14.8. The van der Waals surface area contributed by atoms with Crippen LogP contribution in [-0.2, 0) is 0 Å². The lowest BCUT2D eigenvalue weighted by molar-refractivity contribution is 0.289. The molecule has 0 bridgehead atoms. The number of nitrogens with two attached hydrogens (primary N) is 2. The molecule has 1 unspecified atom stereocenters. The fraction of sp³-hybridized carbons (Fsp3) is 0.300. The van der Waals surface area contributed by atoms with Crippen LogP contribution in [0.2, 0.25) is 0 Å². The highest BCUT2D eigenvalue weighted by Crippen LogP contribution is 2.40. The van der Waals surface area contributed by atoms with Crippen LogP contribution in [0.15, 0.2) is 29.3 Å². The topological polar surface area (TPSA) is 158 Å². The van der Waals surface area contributed by atoms with Crippen LogP contribution < -0.4 is 26.8 Å². The number of pyridine rings is 1. The van der Waals surface area contributed by atoms with Crippen molar-refractivity contribution in [3.05, 3.63) is 41.0 Å². The molecule has 3 rings (SSSR count). The Morgan fingerprint density at radius 3 is 2.59 bits per heavy atom. The number of hydrogen-bond donors (Lipinski definition) is 4. The van der Waals surface area contributed by atoms with Gasteiger partial charge in [-0.2, -0.15) is 10.5 Å². The van der Waals surface area contributed by atoms with Gasteiger partial charge in [-0.05, 0) is 30.0 Å². The minimum absolute atomic E-state index is 0.0158. The second-order valence-corrected chi connectivity index (χ2v) is 7.00. The number of nitrogens with one attached hydrogen (secondary N) is 2. The molecule has 0 spiro atoms. The Labute approximate surface area is 169 Å². The first kappa shape index (κ1) is 19.8. The molecule has 29 heavy (non-hydrogen) atoms. The van der Waals surface area contributed by atoms with Gasteiger partial charge in [0.15, 0.2) is 6.19 Å². The van der Waals surface area contributed by atoms with Gasteiger partial charge in [0.05, 0.1) is 12.3 Å². The van der Waals surface area contributed by atoms with Crippen LogP contribution in [0, 0.1) is 28.7 Å². The number of ether oxygens (including phenoxy) is 1. The molecule has 148 valence electrons. The fourth-order valence-corrected chi connectivity index (χ4v) is 2.98. The van der Waals surface area contributed by atoms with Gasteiger partial charge in [-0.3, -0.25) is 5.32 Å². The molecule has 9 nitrogen and oxygen atoms in total. The molecule has 1 aliphatic heterocycles. The lowest BCUT2D eigenvalue weighted by atomic mass is 9.95. The molecule has 1 aliphatic rings. The number of guanidine groups is 1. The zero-order valence-electron chi connectivity index (χ0n) is 16.2. The van der Waals surface area contributed by atoms with Gasteiger partial charge in [0.25, 0.3) is 0 Å². The smallest absolute Gasteiger partial charge is 0.211 e. The van der Waals surface area contributed by atoms with Gasteiger partial charge in [-0.25, -0.2) is 9.98 Å². The van der Waals surface area contributed by atoms with E-state index in [2.05, 4.69) is 34.5 Å². The van der Waals surface area contributed by atoms with E-state index < -0.39 is 6.04 Å². The summed E-state index contributed by atoms with van der Waals surface area (Å²) >= 11 is 0. The molecular formula is C20H22N8O. The average Bonchev–Trinajstić information content (AvgIpc) is 2.68. The number of rotatable bonds is 5. The molecule has 2 heterocycles. The molecule has 0 aliphatic carbocycles. The SMILES string of the molecule is CC(C)CCOc1ccc(C2N=C(NC#N)Nc3nc(N)c(C#N)c(N)c32)cc1. The molecule has 0 saturated heterocycles. The third-order valence-corrected chi connectivity index (χ3v) is 4.52. The predicted octanol–water partition coefficient (Wildman–Crippen LogP) is 2.48. The van der Waals surface area contributed by atoms with Gasteiger partial charge >= 0.3 is 0 Å². The van der Waals surface area contributed by atoms with Crippen LogP contribution in [0.25, 0.3) is 0 Å². The molecule has 1 aromatic carbocycles. The van der Waals surface area contributed by atoms with Crippen LogP contribution >= 0.6 is 0 Å². The second kappa shape index (κ2) is 8.36. The number of aromatic nitrogens is 1. The highest BCUT2D eigenvalue weighted by Gasteiger charge is 2.29. The maximum atomic E-state index is 9.37. The lowest BCUT2D eigenvalue weighted by Gasteiger charge is -2.26. The summed E-state index contributed by atoms with van der Waals surface area (Å²) in [5.74, 6) is 1.91.